The third-order valence-corrected chi connectivity index (χ3v) is 6.12. The van der Waals surface area contributed by atoms with Crippen LogP contribution in [0.1, 0.15) is 28.0 Å². The fourth-order valence-electron chi connectivity index (χ4n) is 3.05. The van der Waals surface area contributed by atoms with Crippen molar-refractivity contribution < 1.29 is 4.79 Å². The van der Waals surface area contributed by atoms with E-state index in [-0.39, 0.29) is 17.7 Å². The molecule has 0 saturated heterocycles. The van der Waals surface area contributed by atoms with Crippen LogP contribution < -0.4 is 5.32 Å². The molecule has 1 amide bonds. The second kappa shape index (κ2) is 8.12. The zero-order chi connectivity index (χ0) is 19.5. The summed E-state index contributed by atoms with van der Waals surface area (Å²) >= 11 is 2.99. The van der Waals surface area contributed by atoms with Gasteiger partial charge in [-0.05, 0) is 30.9 Å². The van der Waals surface area contributed by atoms with Crippen LogP contribution in [0.15, 0.2) is 59.1 Å². The van der Waals surface area contributed by atoms with Crippen molar-refractivity contribution in [1.82, 2.24) is 24.9 Å². The van der Waals surface area contributed by atoms with Gasteiger partial charge in [-0.3, -0.25) is 9.20 Å². The number of aryl methyl sites for hydroxylation is 2. The highest BCUT2D eigenvalue weighted by Crippen LogP contribution is 2.26. The third kappa shape index (κ3) is 3.93. The first kappa shape index (κ1) is 18.6. The Bertz CT molecular complexity index is 1090. The lowest BCUT2D eigenvalue weighted by atomic mass is 10.1. The summed E-state index contributed by atoms with van der Waals surface area (Å²) in [6, 6.07) is 15.8. The first-order valence-electron chi connectivity index (χ1n) is 8.81. The number of rotatable bonds is 6. The van der Waals surface area contributed by atoms with Crippen molar-refractivity contribution >= 4 is 34.7 Å². The third-order valence-electron chi connectivity index (χ3n) is 4.26. The minimum absolute atomic E-state index is 0.0540. The van der Waals surface area contributed by atoms with Crippen LogP contribution in [0.5, 0.6) is 0 Å². The van der Waals surface area contributed by atoms with Gasteiger partial charge in [0.15, 0.2) is 10.8 Å². The van der Waals surface area contributed by atoms with E-state index in [0.29, 0.717) is 5.16 Å². The molecule has 4 aromatic rings. The predicted molar refractivity (Wildman–Crippen MR) is 112 cm³/mol. The first-order valence-corrected chi connectivity index (χ1v) is 10.7. The van der Waals surface area contributed by atoms with Gasteiger partial charge in [0.2, 0.25) is 5.91 Å². The molecule has 0 radical (unpaired) electrons. The molecule has 0 aliphatic carbocycles. The highest BCUT2D eigenvalue weighted by Gasteiger charge is 2.19. The number of nitrogens with one attached hydrogen (secondary N) is 1. The molecule has 1 atom stereocenters. The van der Waals surface area contributed by atoms with E-state index in [1.165, 1.54) is 11.8 Å². The number of carbonyl (C=O) groups excluding carboxylic acids is 1. The van der Waals surface area contributed by atoms with Crippen molar-refractivity contribution in [3.63, 3.8) is 0 Å². The predicted octanol–water partition coefficient (Wildman–Crippen LogP) is 3.80. The molecule has 3 heterocycles. The molecule has 0 spiro atoms. The molecule has 0 aliphatic heterocycles. The highest BCUT2D eigenvalue weighted by molar-refractivity contribution is 7.99. The number of hydrogen-bond donors (Lipinski definition) is 1. The lowest BCUT2D eigenvalue weighted by molar-refractivity contribution is -0.119. The summed E-state index contributed by atoms with van der Waals surface area (Å²) in [4.78, 5) is 18.3. The second-order valence-electron chi connectivity index (χ2n) is 6.34. The van der Waals surface area contributed by atoms with Gasteiger partial charge in [-0.2, -0.15) is 0 Å². The van der Waals surface area contributed by atoms with Crippen molar-refractivity contribution in [2.45, 2.75) is 25.0 Å². The SMILES string of the molecule is Cc1cc2nnc(SCC(=O)NC(c3ccccc3)c3cccs3)n2c(C)n1. The van der Waals surface area contributed by atoms with Crippen molar-refractivity contribution in [3.05, 3.63) is 75.9 Å². The summed E-state index contributed by atoms with van der Waals surface area (Å²) in [5.41, 5.74) is 2.70. The first-order chi connectivity index (χ1) is 13.6. The summed E-state index contributed by atoms with van der Waals surface area (Å²) in [5, 5.41) is 14.2. The number of fused-ring (bicyclic) bond motifs is 1. The Morgan fingerprint density at radius 1 is 1.18 bits per heavy atom. The number of carbonyl (C=O) groups is 1. The Morgan fingerprint density at radius 3 is 2.75 bits per heavy atom. The fraction of sp³-hybridized carbons (Fsp3) is 0.200. The van der Waals surface area contributed by atoms with Gasteiger partial charge in [-0.1, -0.05) is 48.2 Å². The zero-order valence-corrected chi connectivity index (χ0v) is 17.1. The van der Waals surface area contributed by atoms with E-state index in [1.54, 1.807) is 11.3 Å². The standard InChI is InChI=1S/C20H19N5OS2/c1-13-11-17-23-24-20(25(17)14(2)21-13)28-12-18(26)22-19(16-9-6-10-27-16)15-7-4-3-5-8-15/h3-11,19H,12H2,1-2H3,(H,22,26). The van der Waals surface area contributed by atoms with E-state index in [0.717, 1.165) is 27.6 Å². The minimum Gasteiger partial charge on any atom is -0.344 e. The maximum atomic E-state index is 12.7. The van der Waals surface area contributed by atoms with Gasteiger partial charge in [0.1, 0.15) is 5.82 Å². The monoisotopic (exact) mass is 409 g/mol. The van der Waals surface area contributed by atoms with Crippen LogP contribution in [0.25, 0.3) is 5.65 Å². The van der Waals surface area contributed by atoms with E-state index in [9.17, 15) is 4.79 Å². The van der Waals surface area contributed by atoms with E-state index in [2.05, 4.69) is 20.5 Å². The van der Waals surface area contributed by atoms with Gasteiger partial charge in [0.05, 0.1) is 11.8 Å². The Kier molecular flexibility index (Phi) is 5.40. The van der Waals surface area contributed by atoms with E-state index in [4.69, 9.17) is 0 Å². The number of nitrogens with zero attached hydrogens (tertiary/aromatic N) is 4. The van der Waals surface area contributed by atoms with Gasteiger partial charge in [0, 0.05) is 16.6 Å². The smallest absolute Gasteiger partial charge is 0.231 e. The molecule has 6 nitrogen and oxygen atoms in total. The molecule has 142 valence electrons. The van der Waals surface area contributed by atoms with E-state index in [1.807, 2.05) is 72.2 Å². The largest absolute Gasteiger partial charge is 0.344 e. The molecule has 4 rings (SSSR count). The Morgan fingerprint density at radius 2 is 2.00 bits per heavy atom. The van der Waals surface area contributed by atoms with Gasteiger partial charge < -0.3 is 5.32 Å². The Balaban J connectivity index is 1.49. The maximum Gasteiger partial charge on any atom is 0.231 e. The molecular weight excluding hydrogens is 390 g/mol. The zero-order valence-electron chi connectivity index (χ0n) is 15.5. The van der Waals surface area contributed by atoms with E-state index >= 15 is 0 Å². The number of thiophene rings is 1. The summed E-state index contributed by atoms with van der Waals surface area (Å²) < 4.78 is 1.87. The molecular formula is C20H19N5OS2. The Hall–Kier alpha value is -2.71. The van der Waals surface area contributed by atoms with Crippen LogP contribution in [-0.4, -0.2) is 31.2 Å². The summed E-state index contributed by atoms with van der Waals surface area (Å²) in [7, 11) is 0. The van der Waals surface area contributed by atoms with Crippen LogP contribution in [0.3, 0.4) is 0 Å². The molecule has 0 bridgehead atoms. The molecule has 1 aromatic carbocycles. The topological polar surface area (TPSA) is 72.2 Å². The van der Waals surface area contributed by atoms with Crippen molar-refractivity contribution in [2.75, 3.05) is 5.75 Å². The van der Waals surface area contributed by atoms with Crippen LogP contribution in [0.4, 0.5) is 0 Å². The molecule has 8 heteroatoms. The average Bonchev–Trinajstić information content (AvgIpc) is 3.35. The summed E-state index contributed by atoms with van der Waals surface area (Å²) in [6.07, 6.45) is 0. The van der Waals surface area contributed by atoms with E-state index < -0.39 is 0 Å². The lowest BCUT2D eigenvalue weighted by Crippen LogP contribution is -2.30. The number of aromatic nitrogens is 4. The molecule has 3 aromatic heterocycles. The lowest BCUT2D eigenvalue weighted by Gasteiger charge is -2.18. The maximum absolute atomic E-state index is 12.7. The molecule has 1 N–H and O–H groups in total. The fourth-order valence-corrected chi connectivity index (χ4v) is 4.65. The van der Waals surface area contributed by atoms with Gasteiger partial charge in [0.25, 0.3) is 0 Å². The number of benzene rings is 1. The van der Waals surface area contributed by atoms with Crippen LogP contribution in [-0.2, 0) is 4.79 Å². The van der Waals surface area contributed by atoms with Crippen molar-refractivity contribution in [2.24, 2.45) is 0 Å². The van der Waals surface area contributed by atoms with Crippen molar-refractivity contribution in [1.29, 1.82) is 0 Å². The average molecular weight is 410 g/mol. The molecule has 0 fully saturated rings. The number of amides is 1. The number of thioether (sulfide) groups is 1. The Labute approximate surface area is 171 Å². The van der Waals surface area contributed by atoms with Crippen LogP contribution >= 0.6 is 23.1 Å². The quantitative estimate of drug-likeness (QED) is 0.491. The normalized spacial score (nSPS) is 12.2. The number of hydrogen-bond acceptors (Lipinski definition) is 6. The van der Waals surface area contributed by atoms with Gasteiger partial charge in [-0.15, -0.1) is 21.5 Å². The minimum atomic E-state index is -0.157. The van der Waals surface area contributed by atoms with Crippen molar-refractivity contribution in [3.8, 4) is 0 Å². The van der Waals surface area contributed by atoms with Gasteiger partial charge >= 0.3 is 0 Å². The molecule has 0 aliphatic rings. The van der Waals surface area contributed by atoms with Gasteiger partial charge in [-0.25, -0.2) is 4.98 Å². The van der Waals surface area contributed by atoms with Crippen LogP contribution in [0.2, 0.25) is 0 Å². The summed E-state index contributed by atoms with van der Waals surface area (Å²) in [5.74, 6) is 1.01. The molecule has 28 heavy (non-hydrogen) atoms. The second-order valence-corrected chi connectivity index (χ2v) is 8.26. The highest BCUT2D eigenvalue weighted by atomic mass is 32.2. The molecule has 1 unspecified atom stereocenters. The summed E-state index contributed by atoms with van der Waals surface area (Å²) in [6.45, 7) is 3.84. The van der Waals surface area contributed by atoms with Crippen LogP contribution in [0, 0.1) is 13.8 Å². The molecule has 0 saturated carbocycles.